The summed E-state index contributed by atoms with van der Waals surface area (Å²) < 4.78 is 7.70. The molecule has 3 nitrogen and oxygen atoms in total. The van der Waals surface area contributed by atoms with Gasteiger partial charge in [-0.25, -0.2) is 4.98 Å². The number of allylic oxidation sites excluding steroid dienone is 2. The van der Waals surface area contributed by atoms with E-state index >= 15 is 0 Å². The Bertz CT molecular complexity index is 995. The van der Waals surface area contributed by atoms with Crippen LogP contribution in [0.4, 0.5) is 0 Å². The molecule has 0 N–H and O–H groups in total. The van der Waals surface area contributed by atoms with Crippen LogP contribution in [-0.4, -0.2) is 16.7 Å². The fraction of sp³-hybridized carbons (Fsp3) is 0.375. The van der Waals surface area contributed by atoms with Crippen LogP contribution < -0.4 is 4.74 Å². The molecule has 148 valence electrons. The Morgan fingerprint density at radius 2 is 1.89 bits per heavy atom. The van der Waals surface area contributed by atoms with Crippen molar-refractivity contribution in [3.8, 4) is 22.8 Å². The minimum atomic E-state index is 0. The zero-order chi connectivity index (χ0) is 19.7. The first kappa shape index (κ1) is 19.0. The van der Waals surface area contributed by atoms with Crippen molar-refractivity contribution in [2.75, 3.05) is 7.11 Å². The maximum atomic E-state index is 5.35. The second-order valence-corrected chi connectivity index (χ2v) is 8.71. The van der Waals surface area contributed by atoms with Gasteiger partial charge in [-0.1, -0.05) is 38.3 Å². The van der Waals surface area contributed by atoms with Gasteiger partial charge in [-0.05, 0) is 56.2 Å². The maximum Gasteiger partial charge on any atom is 0.119 e. The molecule has 1 aromatic carbocycles. The van der Waals surface area contributed by atoms with E-state index in [0.29, 0.717) is 0 Å². The standard InChI is InChI=1S/C24H28N2OS.H2/c1-5-6-7-12-24(13-14-24)21-15-23(22-16-28-18(3)25-22)26(17(21)2)19-8-10-20(27-4)11-9-19;/h8-11,13-16H,5-7,12H2,1-4H3;1H. The fourth-order valence-corrected chi connectivity index (χ4v) is 4.67. The average Bonchev–Trinajstić information content (AvgIpc) is 3.22. The number of aromatic nitrogens is 2. The summed E-state index contributed by atoms with van der Waals surface area (Å²) in [5, 5.41) is 3.26. The van der Waals surface area contributed by atoms with E-state index in [0.717, 1.165) is 22.1 Å². The molecular formula is C24H30N2OS. The average molecular weight is 395 g/mol. The van der Waals surface area contributed by atoms with Crippen LogP contribution in [0.5, 0.6) is 5.75 Å². The molecule has 1 aliphatic carbocycles. The zero-order valence-electron chi connectivity index (χ0n) is 17.2. The molecule has 2 heterocycles. The van der Waals surface area contributed by atoms with E-state index < -0.39 is 0 Å². The summed E-state index contributed by atoms with van der Waals surface area (Å²) in [7, 11) is 1.70. The number of benzene rings is 1. The minimum Gasteiger partial charge on any atom is -0.497 e. The van der Waals surface area contributed by atoms with Crippen molar-refractivity contribution in [3.05, 3.63) is 64.1 Å². The minimum absolute atomic E-state index is 0. The number of nitrogens with zero attached hydrogens (tertiary/aromatic N) is 2. The highest BCUT2D eigenvalue weighted by Crippen LogP contribution is 2.47. The summed E-state index contributed by atoms with van der Waals surface area (Å²) in [6.45, 7) is 6.57. The summed E-state index contributed by atoms with van der Waals surface area (Å²) in [5.74, 6) is 0.875. The summed E-state index contributed by atoms with van der Waals surface area (Å²) in [4.78, 5) is 4.79. The van der Waals surface area contributed by atoms with Gasteiger partial charge < -0.3 is 9.30 Å². The zero-order valence-corrected chi connectivity index (χ0v) is 18.0. The van der Waals surface area contributed by atoms with Crippen LogP contribution in [0.25, 0.3) is 17.1 Å². The Kier molecular flexibility index (Phi) is 5.15. The number of methoxy groups -OCH3 is 1. The lowest BCUT2D eigenvalue weighted by molar-refractivity contribution is 0.414. The lowest BCUT2D eigenvalue weighted by atomic mass is 9.88. The summed E-state index contributed by atoms with van der Waals surface area (Å²) >= 11 is 1.70. The van der Waals surface area contributed by atoms with Gasteiger partial charge in [0.05, 0.1) is 23.5 Å². The molecule has 2 aromatic heterocycles. The number of ether oxygens (including phenoxy) is 1. The van der Waals surface area contributed by atoms with Crippen molar-refractivity contribution < 1.29 is 6.16 Å². The van der Waals surface area contributed by atoms with Crippen LogP contribution >= 0.6 is 11.3 Å². The Hall–Kier alpha value is -2.33. The highest BCUT2D eigenvalue weighted by atomic mass is 32.1. The van der Waals surface area contributed by atoms with Crippen LogP contribution in [0.1, 0.15) is 50.3 Å². The van der Waals surface area contributed by atoms with Crippen molar-refractivity contribution in [1.29, 1.82) is 0 Å². The number of rotatable bonds is 8. The molecule has 0 unspecified atom stereocenters. The van der Waals surface area contributed by atoms with E-state index in [1.165, 1.54) is 42.6 Å². The first-order chi connectivity index (χ1) is 13.6. The third-order valence-electron chi connectivity index (χ3n) is 5.72. The number of hydrogen-bond acceptors (Lipinski definition) is 3. The molecule has 4 rings (SSSR count). The normalized spacial score (nSPS) is 14.4. The number of aryl methyl sites for hydroxylation is 1. The Balaban J connectivity index is 0.00000240. The largest absolute Gasteiger partial charge is 0.497 e. The van der Waals surface area contributed by atoms with Crippen LogP contribution in [0.15, 0.2) is 47.9 Å². The van der Waals surface area contributed by atoms with Crippen molar-refractivity contribution in [2.45, 2.75) is 51.9 Å². The van der Waals surface area contributed by atoms with Gasteiger partial charge in [-0.3, -0.25) is 0 Å². The summed E-state index contributed by atoms with van der Waals surface area (Å²) in [6, 6.07) is 10.7. The SMILES string of the molecule is CCCCCC1(c2cc(-c3csc(C)n3)n(-c3ccc(OC)cc3)c2C)C=C1.[HH]. The van der Waals surface area contributed by atoms with Gasteiger partial charge in [0.15, 0.2) is 0 Å². The molecule has 0 aliphatic heterocycles. The number of unbranched alkanes of at least 4 members (excludes halogenated alkanes) is 2. The van der Waals surface area contributed by atoms with Gasteiger partial charge in [-0.15, -0.1) is 11.3 Å². The fourth-order valence-electron chi connectivity index (χ4n) is 4.06. The Morgan fingerprint density at radius 3 is 2.46 bits per heavy atom. The molecule has 0 saturated heterocycles. The summed E-state index contributed by atoms with van der Waals surface area (Å²) in [6.07, 6.45) is 9.76. The molecule has 0 fully saturated rings. The van der Waals surface area contributed by atoms with E-state index in [9.17, 15) is 0 Å². The van der Waals surface area contributed by atoms with Gasteiger partial charge >= 0.3 is 0 Å². The summed E-state index contributed by atoms with van der Waals surface area (Å²) in [5.41, 5.74) is 6.22. The monoisotopic (exact) mass is 394 g/mol. The van der Waals surface area contributed by atoms with E-state index in [4.69, 9.17) is 9.72 Å². The molecule has 0 amide bonds. The molecule has 0 spiro atoms. The highest BCUT2D eigenvalue weighted by molar-refractivity contribution is 7.09. The van der Waals surface area contributed by atoms with Crippen LogP contribution in [0.2, 0.25) is 0 Å². The van der Waals surface area contributed by atoms with Crippen molar-refractivity contribution in [3.63, 3.8) is 0 Å². The smallest absolute Gasteiger partial charge is 0.119 e. The Labute approximate surface area is 173 Å². The third-order valence-corrected chi connectivity index (χ3v) is 6.50. The second-order valence-electron chi connectivity index (χ2n) is 7.64. The molecule has 0 radical (unpaired) electrons. The predicted octanol–water partition coefficient (Wildman–Crippen LogP) is 6.86. The van der Waals surface area contributed by atoms with Crippen LogP contribution in [-0.2, 0) is 5.41 Å². The topological polar surface area (TPSA) is 27.1 Å². The van der Waals surface area contributed by atoms with Gasteiger partial charge in [0.25, 0.3) is 0 Å². The molecular weight excluding hydrogens is 364 g/mol. The maximum absolute atomic E-state index is 5.35. The third kappa shape index (κ3) is 3.42. The van der Waals surface area contributed by atoms with Crippen LogP contribution in [0, 0.1) is 13.8 Å². The number of thiazole rings is 1. The molecule has 0 atom stereocenters. The number of hydrogen-bond donors (Lipinski definition) is 0. The van der Waals surface area contributed by atoms with Crippen LogP contribution in [0.3, 0.4) is 0 Å². The molecule has 0 bridgehead atoms. The highest BCUT2D eigenvalue weighted by Gasteiger charge is 2.38. The lowest BCUT2D eigenvalue weighted by Crippen LogP contribution is -2.10. The van der Waals surface area contributed by atoms with E-state index in [1.807, 2.05) is 12.1 Å². The Morgan fingerprint density at radius 1 is 1.14 bits per heavy atom. The first-order valence-electron chi connectivity index (χ1n) is 10.1. The molecule has 1 aliphatic rings. The van der Waals surface area contributed by atoms with Crippen molar-refractivity contribution >= 4 is 11.3 Å². The van der Waals surface area contributed by atoms with Gasteiger partial charge in [0.2, 0.25) is 0 Å². The van der Waals surface area contributed by atoms with Crippen molar-refractivity contribution in [1.82, 2.24) is 9.55 Å². The molecule has 0 saturated carbocycles. The van der Waals surface area contributed by atoms with Gasteiger partial charge in [-0.2, -0.15) is 0 Å². The van der Waals surface area contributed by atoms with E-state index in [2.05, 4.69) is 61.1 Å². The second kappa shape index (κ2) is 7.59. The van der Waals surface area contributed by atoms with E-state index in [1.54, 1.807) is 18.4 Å². The van der Waals surface area contributed by atoms with E-state index in [-0.39, 0.29) is 6.84 Å². The lowest BCUT2D eigenvalue weighted by Gasteiger charge is -2.17. The van der Waals surface area contributed by atoms with Gasteiger partial charge in [0, 0.05) is 23.6 Å². The van der Waals surface area contributed by atoms with Gasteiger partial charge in [0.1, 0.15) is 5.75 Å². The molecule has 28 heavy (non-hydrogen) atoms. The first-order valence-corrected chi connectivity index (χ1v) is 11.0. The molecule has 4 heteroatoms. The quantitative estimate of drug-likeness (QED) is 0.308. The molecule has 3 aromatic rings. The predicted molar refractivity (Wildman–Crippen MR) is 120 cm³/mol. The van der Waals surface area contributed by atoms with Crippen molar-refractivity contribution in [2.24, 2.45) is 0 Å².